The van der Waals surface area contributed by atoms with Crippen LogP contribution in [0.1, 0.15) is 24.5 Å². The third-order valence-corrected chi connectivity index (χ3v) is 4.02. The van der Waals surface area contributed by atoms with Crippen molar-refractivity contribution in [2.24, 2.45) is 5.73 Å². The number of rotatable bonds is 3. The first-order valence-electron chi connectivity index (χ1n) is 7.04. The van der Waals surface area contributed by atoms with Gasteiger partial charge in [-0.05, 0) is 41.8 Å². The Kier molecular flexibility index (Phi) is 3.43. The maximum absolute atomic E-state index is 13.6. The number of aromatic nitrogens is 1. The van der Waals surface area contributed by atoms with Gasteiger partial charge in [0.1, 0.15) is 5.82 Å². The van der Waals surface area contributed by atoms with Crippen LogP contribution < -0.4 is 5.73 Å². The lowest BCUT2D eigenvalue weighted by atomic mass is 9.80. The van der Waals surface area contributed by atoms with Crippen molar-refractivity contribution in [2.75, 3.05) is 0 Å². The number of hydrogen-bond acceptors (Lipinski definition) is 2. The molecular weight excluding hydrogens is 263 g/mol. The second-order valence-corrected chi connectivity index (χ2v) is 5.21. The van der Waals surface area contributed by atoms with E-state index in [1.54, 1.807) is 12.3 Å². The summed E-state index contributed by atoms with van der Waals surface area (Å²) in [5.41, 5.74) is 8.60. The quantitative estimate of drug-likeness (QED) is 0.788. The summed E-state index contributed by atoms with van der Waals surface area (Å²) in [6, 6.07) is 16.3. The number of halogens is 1. The maximum Gasteiger partial charge on any atom is 0.123 e. The molecule has 3 rings (SSSR count). The summed E-state index contributed by atoms with van der Waals surface area (Å²) in [6.07, 6.45) is 2.43. The molecule has 0 bridgehead atoms. The molecule has 21 heavy (non-hydrogen) atoms. The molecule has 3 aromatic rings. The molecule has 0 aliphatic carbocycles. The van der Waals surface area contributed by atoms with E-state index >= 15 is 0 Å². The molecule has 0 amide bonds. The second-order valence-electron chi connectivity index (χ2n) is 5.21. The van der Waals surface area contributed by atoms with Gasteiger partial charge in [-0.2, -0.15) is 0 Å². The third kappa shape index (κ3) is 2.30. The molecule has 3 heteroatoms. The van der Waals surface area contributed by atoms with Gasteiger partial charge in [0.05, 0.1) is 11.1 Å². The Balaban J connectivity index is 2.27. The molecule has 0 aliphatic heterocycles. The smallest absolute Gasteiger partial charge is 0.123 e. The van der Waals surface area contributed by atoms with Crippen LogP contribution in [0.5, 0.6) is 0 Å². The van der Waals surface area contributed by atoms with Crippen LogP contribution >= 0.6 is 0 Å². The number of nitrogens with two attached hydrogens (primary N) is 1. The van der Waals surface area contributed by atoms with E-state index in [9.17, 15) is 4.39 Å². The predicted octanol–water partition coefficient (Wildman–Crippen LogP) is 3.99. The highest BCUT2D eigenvalue weighted by molar-refractivity contribution is 5.83. The Bertz CT molecular complexity index is 780. The van der Waals surface area contributed by atoms with Crippen molar-refractivity contribution >= 4 is 10.9 Å². The Morgan fingerprint density at radius 1 is 1.10 bits per heavy atom. The lowest BCUT2D eigenvalue weighted by Crippen LogP contribution is -2.37. The summed E-state index contributed by atoms with van der Waals surface area (Å²) >= 11 is 0. The molecule has 0 radical (unpaired) electrons. The lowest BCUT2D eigenvalue weighted by Gasteiger charge is -2.30. The zero-order valence-corrected chi connectivity index (χ0v) is 11.9. The summed E-state index contributed by atoms with van der Waals surface area (Å²) in [5.74, 6) is -0.269. The molecule has 1 heterocycles. The molecule has 1 unspecified atom stereocenters. The molecule has 1 aromatic heterocycles. The Morgan fingerprint density at radius 3 is 2.67 bits per heavy atom. The van der Waals surface area contributed by atoms with Crippen molar-refractivity contribution in [3.63, 3.8) is 0 Å². The van der Waals surface area contributed by atoms with Gasteiger partial charge in [-0.1, -0.05) is 37.3 Å². The zero-order chi connectivity index (χ0) is 14.9. The van der Waals surface area contributed by atoms with Crippen molar-refractivity contribution in [2.45, 2.75) is 18.9 Å². The minimum atomic E-state index is -0.732. The van der Waals surface area contributed by atoms with Crippen LogP contribution in [0.4, 0.5) is 4.39 Å². The number of fused-ring (bicyclic) bond motifs is 1. The van der Waals surface area contributed by atoms with Crippen LogP contribution in [0.2, 0.25) is 0 Å². The highest BCUT2D eigenvalue weighted by atomic mass is 19.1. The van der Waals surface area contributed by atoms with Gasteiger partial charge >= 0.3 is 0 Å². The first kappa shape index (κ1) is 13.7. The van der Waals surface area contributed by atoms with Gasteiger partial charge in [0.15, 0.2) is 0 Å². The van der Waals surface area contributed by atoms with Crippen molar-refractivity contribution in [1.29, 1.82) is 0 Å². The first-order valence-corrected chi connectivity index (χ1v) is 7.04. The molecular formula is C18H17FN2. The number of nitrogens with zero attached hydrogens (tertiary/aromatic N) is 1. The number of pyridine rings is 1. The minimum Gasteiger partial charge on any atom is -0.318 e. The largest absolute Gasteiger partial charge is 0.318 e. The van der Waals surface area contributed by atoms with E-state index in [4.69, 9.17) is 5.73 Å². The predicted molar refractivity (Wildman–Crippen MR) is 83.4 cm³/mol. The molecule has 2 aromatic carbocycles. The van der Waals surface area contributed by atoms with E-state index < -0.39 is 5.54 Å². The fraction of sp³-hybridized carbons (Fsp3) is 0.167. The summed E-state index contributed by atoms with van der Waals surface area (Å²) in [5, 5.41) is 1.01. The SMILES string of the molecule is CCC(N)(c1cccc(F)c1)c1cccc2ncccc12. The summed E-state index contributed by atoms with van der Waals surface area (Å²) in [7, 11) is 0. The molecule has 106 valence electrons. The van der Waals surface area contributed by atoms with E-state index in [1.165, 1.54) is 12.1 Å². The highest BCUT2D eigenvalue weighted by Gasteiger charge is 2.29. The number of benzene rings is 2. The monoisotopic (exact) mass is 280 g/mol. The Labute approximate surface area is 123 Å². The standard InChI is InChI=1S/C18H17FN2/c1-2-18(20,13-6-3-7-14(19)12-13)16-9-4-10-17-15(16)8-5-11-21-17/h3-12H,2,20H2,1H3. The van der Waals surface area contributed by atoms with Crippen LogP contribution in [0.25, 0.3) is 10.9 Å². The molecule has 2 N–H and O–H groups in total. The van der Waals surface area contributed by atoms with Gasteiger partial charge in [-0.15, -0.1) is 0 Å². The minimum absolute atomic E-state index is 0.269. The second kappa shape index (κ2) is 5.26. The van der Waals surface area contributed by atoms with Crippen LogP contribution in [0.3, 0.4) is 0 Å². The van der Waals surface area contributed by atoms with Crippen molar-refractivity contribution < 1.29 is 4.39 Å². The Morgan fingerprint density at radius 2 is 1.90 bits per heavy atom. The van der Waals surface area contributed by atoms with E-state index in [0.29, 0.717) is 6.42 Å². The van der Waals surface area contributed by atoms with Crippen LogP contribution in [-0.2, 0) is 5.54 Å². The molecule has 0 aliphatic rings. The van der Waals surface area contributed by atoms with E-state index in [1.807, 2.05) is 43.3 Å². The van der Waals surface area contributed by atoms with E-state index in [0.717, 1.165) is 22.0 Å². The zero-order valence-electron chi connectivity index (χ0n) is 11.9. The fourth-order valence-corrected chi connectivity index (χ4v) is 2.81. The molecule has 1 atom stereocenters. The normalized spacial score (nSPS) is 14.0. The number of hydrogen-bond donors (Lipinski definition) is 1. The third-order valence-electron chi connectivity index (χ3n) is 4.02. The van der Waals surface area contributed by atoms with Crippen LogP contribution in [-0.4, -0.2) is 4.98 Å². The van der Waals surface area contributed by atoms with Gasteiger partial charge < -0.3 is 5.73 Å². The average Bonchev–Trinajstić information content (AvgIpc) is 2.53. The average molecular weight is 280 g/mol. The van der Waals surface area contributed by atoms with Gasteiger partial charge in [0.25, 0.3) is 0 Å². The van der Waals surface area contributed by atoms with Crippen molar-refractivity contribution in [3.8, 4) is 0 Å². The van der Waals surface area contributed by atoms with E-state index in [-0.39, 0.29) is 5.82 Å². The maximum atomic E-state index is 13.6. The first-order chi connectivity index (χ1) is 10.1. The lowest BCUT2D eigenvalue weighted by molar-refractivity contribution is 0.516. The van der Waals surface area contributed by atoms with Crippen molar-refractivity contribution in [3.05, 3.63) is 77.7 Å². The molecule has 0 saturated heterocycles. The van der Waals surface area contributed by atoms with Crippen LogP contribution in [0, 0.1) is 5.82 Å². The van der Waals surface area contributed by atoms with Gasteiger partial charge in [0, 0.05) is 11.6 Å². The van der Waals surface area contributed by atoms with Gasteiger partial charge in [-0.25, -0.2) is 4.39 Å². The summed E-state index contributed by atoms with van der Waals surface area (Å²) < 4.78 is 13.6. The molecule has 0 fully saturated rings. The van der Waals surface area contributed by atoms with Crippen molar-refractivity contribution in [1.82, 2.24) is 4.98 Å². The summed E-state index contributed by atoms with van der Waals surface area (Å²) in [6.45, 7) is 2.01. The Hall–Kier alpha value is -2.26. The highest BCUT2D eigenvalue weighted by Crippen LogP contribution is 2.34. The summed E-state index contributed by atoms with van der Waals surface area (Å²) in [4.78, 5) is 4.37. The van der Waals surface area contributed by atoms with E-state index in [2.05, 4.69) is 4.98 Å². The fourth-order valence-electron chi connectivity index (χ4n) is 2.81. The molecule has 0 spiro atoms. The van der Waals surface area contributed by atoms with Crippen LogP contribution in [0.15, 0.2) is 60.8 Å². The molecule has 0 saturated carbocycles. The molecule has 2 nitrogen and oxygen atoms in total. The topological polar surface area (TPSA) is 38.9 Å². The van der Waals surface area contributed by atoms with Gasteiger partial charge in [0.2, 0.25) is 0 Å². The van der Waals surface area contributed by atoms with Gasteiger partial charge in [-0.3, -0.25) is 4.98 Å².